The number of primary amides is 1. The molecular weight excluding hydrogens is 614 g/mol. The number of rotatable bonds is 12. The van der Waals surface area contributed by atoms with Crippen LogP contribution in [0.2, 0.25) is 25.7 Å². The first-order valence-electron chi connectivity index (χ1n) is 14.4. The van der Waals surface area contributed by atoms with E-state index in [9.17, 15) is 22.8 Å². The van der Waals surface area contributed by atoms with E-state index in [-0.39, 0.29) is 37.4 Å². The van der Waals surface area contributed by atoms with Crippen molar-refractivity contribution in [2.24, 2.45) is 5.73 Å². The Morgan fingerprint density at radius 2 is 1.87 bits per heavy atom. The Morgan fingerprint density at radius 3 is 2.49 bits per heavy atom. The number of alkyl halides is 4. The second-order valence-corrected chi connectivity index (χ2v) is 17.7. The lowest BCUT2D eigenvalue weighted by Gasteiger charge is -2.34. The lowest BCUT2D eigenvalue weighted by molar-refractivity contribution is -0.274. The Labute approximate surface area is 259 Å². The summed E-state index contributed by atoms with van der Waals surface area (Å²) in [4.78, 5) is 35.2. The number of likely N-dealkylation sites (tertiary alicyclic amines) is 1. The van der Waals surface area contributed by atoms with Crippen molar-refractivity contribution in [3.8, 4) is 22.9 Å². The lowest BCUT2D eigenvalue weighted by Crippen LogP contribution is -2.49. The Balaban J connectivity index is 1.35. The fraction of sp³-hybridized carbons (Fsp3) is 0.467. The minimum Gasteiger partial charge on any atom is -0.471 e. The first-order valence-corrected chi connectivity index (χ1v) is 18.1. The summed E-state index contributed by atoms with van der Waals surface area (Å²) in [5.41, 5.74) is 7.11. The smallest absolute Gasteiger partial charge is 0.471 e. The number of hydrogen-bond donors (Lipinski definition) is 1. The van der Waals surface area contributed by atoms with Gasteiger partial charge in [-0.1, -0.05) is 31.8 Å². The van der Waals surface area contributed by atoms with Gasteiger partial charge in [0.2, 0.25) is 11.8 Å². The molecule has 0 unspecified atom stereocenters. The highest BCUT2D eigenvalue weighted by Crippen LogP contribution is 2.28. The number of imidazole rings is 1. The fourth-order valence-corrected chi connectivity index (χ4v) is 5.42. The first kappa shape index (κ1) is 33.9. The van der Waals surface area contributed by atoms with E-state index in [1.807, 2.05) is 11.5 Å². The van der Waals surface area contributed by atoms with Gasteiger partial charge >= 0.3 is 6.36 Å². The van der Waals surface area contributed by atoms with Crippen LogP contribution in [0.3, 0.4) is 0 Å². The van der Waals surface area contributed by atoms with E-state index >= 15 is 4.39 Å². The average molecular weight is 652 g/mol. The fourth-order valence-electron chi connectivity index (χ4n) is 4.66. The molecular formula is C30H37F4N5O5Si. The Hall–Kier alpha value is -3.98. The van der Waals surface area contributed by atoms with Gasteiger partial charge in [-0.3, -0.25) is 9.59 Å². The monoisotopic (exact) mass is 651 g/mol. The maximum Gasteiger partial charge on any atom is 0.573 e. The molecule has 2 aromatic heterocycles. The summed E-state index contributed by atoms with van der Waals surface area (Å²) in [6, 6.07) is 7.45. The largest absolute Gasteiger partial charge is 0.573 e. The molecule has 1 saturated heterocycles. The topological polar surface area (TPSA) is 122 Å². The minimum atomic E-state index is -4.82. The highest BCUT2D eigenvalue weighted by molar-refractivity contribution is 6.76. The van der Waals surface area contributed by atoms with E-state index in [0.717, 1.165) is 18.2 Å². The van der Waals surface area contributed by atoms with Crippen LogP contribution in [0.15, 0.2) is 42.7 Å². The van der Waals surface area contributed by atoms with Gasteiger partial charge < -0.3 is 29.4 Å². The predicted molar refractivity (Wildman–Crippen MR) is 160 cm³/mol. The molecule has 2 atom stereocenters. The molecule has 3 aromatic rings. The Morgan fingerprint density at radius 1 is 1.16 bits per heavy atom. The molecule has 1 fully saturated rings. The van der Waals surface area contributed by atoms with Gasteiger partial charge in [-0.25, -0.2) is 14.4 Å². The highest BCUT2D eigenvalue weighted by atomic mass is 28.3. The third-order valence-electron chi connectivity index (χ3n) is 7.22. The van der Waals surface area contributed by atoms with Gasteiger partial charge in [0.05, 0.1) is 18.7 Å². The predicted octanol–water partition coefficient (Wildman–Crippen LogP) is 5.12. The molecule has 1 aromatic carbocycles. The van der Waals surface area contributed by atoms with Gasteiger partial charge in [-0.05, 0) is 36.7 Å². The summed E-state index contributed by atoms with van der Waals surface area (Å²) in [5, 5.41) is 0. The third kappa shape index (κ3) is 9.75. The van der Waals surface area contributed by atoms with Crippen molar-refractivity contribution in [1.29, 1.82) is 0 Å². The molecule has 0 aliphatic carbocycles. The van der Waals surface area contributed by atoms with Crippen LogP contribution in [0, 0.1) is 6.92 Å². The van der Waals surface area contributed by atoms with Gasteiger partial charge in [0.1, 0.15) is 30.0 Å². The van der Waals surface area contributed by atoms with Crippen molar-refractivity contribution in [1.82, 2.24) is 19.4 Å². The minimum absolute atomic E-state index is 0.0326. The molecule has 0 spiro atoms. The molecule has 2 amide bonds. The van der Waals surface area contributed by atoms with E-state index < -0.39 is 44.3 Å². The molecule has 4 rings (SSSR count). The number of piperidine rings is 1. The number of carbonyl (C=O) groups excluding carboxylic acids is 2. The number of nitrogens with zero attached hydrogens (tertiary/aromatic N) is 4. The number of nitrogens with two attached hydrogens (primary N) is 1. The van der Waals surface area contributed by atoms with Gasteiger partial charge in [-0.2, -0.15) is 0 Å². The van der Waals surface area contributed by atoms with Crippen LogP contribution in [0.5, 0.6) is 11.6 Å². The molecule has 10 nitrogen and oxygen atoms in total. The van der Waals surface area contributed by atoms with Crippen molar-refractivity contribution in [2.45, 2.75) is 70.8 Å². The SMILES string of the molecule is Cc1nc(-c2cnc(O[C@H]3CCN(C(=O)Cc4ccc(OC(F)(F)F)cc4)C[C@@H]3F)c(C(N)=O)c2)cn1COCC[Si](C)(C)C. The zero-order chi connectivity index (χ0) is 32.9. The second kappa shape index (κ2) is 14.0. The molecule has 1 aliphatic rings. The van der Waals surface area contributed by atoms with Crippen LogP contribution in [0.4, 0.5) is 17.6 Å². The van der Waals surface area contributed by atoms with Crippen LogP contribution < -0.4 is 15.2 Å². The normalized spacial score (nSPS) is 17.3. The van der Waals surface area contributed by atoms with Crippen LogP contribution >= 0.6 is 0 Å². The number of hydrogen-bond acceptors (Lipinski definition) is 7. The Kier molecular flexibility index (Phi) is 10.5. The van der Waals surface area contributed by atoms with Crippen molar-refractivity contribution in [3.63, 3.8) is 0 Å². The number of ether oxygens (including phenoxy) is 3. The highest BCUT2D eigenvalue weighted by Gasteiger charge is 2.34. The van der Waals surface area contributed by atoms with Crippen LogP contribution in [-0.4, -0.2) is 77.7 Å². The van der Waals surface area contributed by atoms with Crippen molar-refractivity contribution in [3.05, 3.63) is 59.7 Å². The molecule has 0 bridgehead atoms. The van der Waals surface area contributed by atoms with E-state index in [2.05, 4.69) is 34.3 Å². The molecule has 45 heavy (non-hydrogen) atoms. The van der Waals surface area contributed by atoms with Gasteiger partial charge in [0.25, 0.3) is 5.91 Å². The van der Waals surface area contributed by atoms with Gasteiger partial charge in [0, 0.05) is 45.6 Å². The van der Waals surface area contributed by atoms with Crippen molar-refractivity contribution >= 4 is 19.9 Å². The number of aryl methyl sites for hydroxylation is 1. The molecule has 2 N–H and O–H groups in total. The zero-order valence-electron chi connectivity index (χ0n) is 25.6. The molecule has 244 valence electrons. The van der Waals surface area contributed by atoms with Crippen LogP contribution in [-0.2, 0) is 22.7 Å². The van der Waals surface area contributed by atoms with E-state index in [0.29, 0.717) is 36.0 Å². The first-order chi connectivity index (χ1) is 21.1. The number of pyridine rings is 1. The van der Waals surface area contributed by atoms with Gasteiger partial charge in [0.15, 0.2) is 6.17 Å². The molecule has 0 radical (unpaired) electrons. The molecule has 0 saturated carbocycles. The number of halogens is 4. The summed E-state index contributed by atoms with van der Waals surface area (Å²) >= 11 is 0. The van der Waals surface area contributed by atoms with Crippen LogP contribution in [0.25, 0.3) is 11.3 Å². The van der Waals surface area contributed by atoms with Gasteiger partial charge in [-0.15, -0.1) is 13.2 Å². The summed E-state index contributed by atoms with van der Waals surface area (Å²) in [5.74, 6) is -1.00. The molecule has 3 heterocycles. The molecule has 15 heteroatoms. The Bertz CT molecular complexity index is 1490. The third-order valence-corrected chi connectivity index (χ3v) is 8.93. The quantitative estimate of drug-likeness (QED) is 0.164. The summed E-state index contributed by atoms with van der Waals surface area (Å²) in [6.07, 6.45) is -4.14. The summed E-state index contributed by atoms with van der Waals surface area (Å²) in [6.45, 7) is 9.57. The van der Waals surface area contributed by atoms with E-state index in [1.54, 1.807) is 6.20 Å². The number of benzene rings is 1. The standard InChI is InChI=1S/C30H37F4N5O5Si/c1-19-37-25(17-39(19)18-42-11-12-45(2,3)4)21-14-23(28(35)41)29(36-15-21)43-26-9-10-38(16-24(26)31)27(40)13-20-5-7-22(8-6-20)44-30(32,33)34/h5-8,14-15,17,24,26H,9-13,16,18H2,1-4H3,(H2,35,41)/t24-,26-/m0/s1. The maximum absolute atomic E-state index is 15.2. The summed E-state index contributed by atoms with van der Waals surface area (Å²) < 4.78 is 69.6. The second-order valence-electron chi connectivity index (χ2n) is 12.1. The van der Waals surface area contributed by atoms with Crippen molar-refractivity contribution < 1.29 is 41.4 Å². The van der Waals surface area contributed by atoms with Crippen LogP contribution in [0.1, 0.15) is 28.2 Å². The summed E-state index contributed by atoms with van der Waals surface area (Å²) in [7, 11) is -1.22. The maximum atomic E-state index is 15.2. The number of amides is 2. The van der Waals surface area contributed by atoms with Crippen molar-refractivity contribution in [2.75, 3.05) is 19.7 Å². The zero-order valence-corrected chi connectivity index (χ0v) is 26.6. The number of carbonyl (C=O) groups is 2. The average Bonchev–Trinajstić information content (AvgIpc) is 3.32. The molecule has 1 aliphatic heterocycles. The van der Waals surface area contributed by atoms with E-state index in [1.165, 1.54) is 29.3 Å². The van der Waals surface area contributed by atoms with E-state index in [4.69, 9.17) is 15.2 Å². The lowest BCUT2D eigenvalue weighted by atomic mass is 10.0. The number of aromatic nitrogens is 3.